The molecule has 2 unspecified atom stereocenters. The second-order valence-electron chi connectivity index (χ2n) is 32.0. The number of hydrogen-bond acceptors (Lipinski definition) is 20. The number of ketones is 1. The minimum Gasteiger partial charge on any atom is -0.417 e. The summed E-state index contributed by atoms with van der Waals surface area (Å²) in [6.07, 6.45) is 12.5. The number of rotatable bonds is 29. The maximum Gasteiger partial charge on any atom is 1.00 e. The Morgan fingerprint density at radius 2 is 1.11 bits per heavy atom. The van der Waals surface area contributed by atoms with Gasteiger partial charge in [-0.3, -0.25) is 9.59 Å². The fraction of sp³-hybridized carbons (Fsp3) is 0.511. The molecule has 0 radical (unpaired) electrons. The second kappa shape index (κ2) is 65.6. The smallest absolute Gasteiger partial charge is 0.417 e. The Kier molecular flexibility index (Phi) is 61.0. The molecular formula is C92H131BrCl5LiN12O14S4Si2. The topological polar surface area (TPSA) is 327 Å². The molecule has 4 aromatic heterocycles. The number of benzene rings is 4. The van der Waals surface area contributed by atoms with E-state index in [0.29, 0.717) is 77.1 Å². The molecule has 5 aliphatic heterocycles. The van der Waals surface area contributed by atoms with Crippen molar-refractivity contribution in [3.8, 4) is 0 Å². The van der Waals surface area contributed by atoms with Gasteiger partial charge in [-0.15, -0.1) is 45.3 Å². The van der Waals surface area contributed by atoms with E-state index in [1.54, 1.807) is 45.3 Å². The van der Waals surface area contributed by atoms with Crippen LogP contribution in [0.2, 0.25) is 41.3 Å². The number of thiophene rings is 4. The average Bonchev–Trinajstić information content (AvgIpc) is 1.62. The summed E-state index contributed by atoms with van der Waals surface area (Å²) in [6.45, 7) is 42.5. The summed E-state index contributed by atoms with van der Waals surface area (Å²) in [5.41, 5.74) is 13.0. The Bertz CT molecular complexity index is 4670. The predicted octanol–water partition coefficient (Wildman–Crippen LogP) is 27.5. The third-order valence-electron chi connectivity index (χ3n) is 20.8. The fourth-order valence-corrected chi connectivity index (χ4v) is 19.2. The molecule has 5 saturated heterocycles. The molecular weight excluding hydrogens is 1950 g/mol. The van der Waals surface area contributed by atoms with Crippen LogP contribution in [0, 0.1) is 33.2 Å². The molecule has 0 aliphatic carbocycles. The van der Waals surface area contributed by atoms with E-state index in [9.17, 15) is 19.8 Å². The predicted molar refractivity (Wildman–Crippen MR) is 537 cm³/mol. The number of nitrogens with one attached hydrogen (secondary N) is 1. The molecule has 0 saturated carbocycles. The van der Waals surface area contributed by atoms with Gasteiger partial charge < -0.3 is 63.9 Å². The molecule has 8 aromatic rings. The standard InChI is InChI=1S/C24H35ClO4SSi.C18H20O3S.C16H16O2S.C16H26O2Si.C7H7BrO2S.C4H8O.C4H9.CHCl3.2CH4.ClHN12.Li/c1-17-20(16-21(30-17)22-27-13-14-28-22)24(26,18-9-7-10-19(25)15-18)11-8-12-29-31(5,6)23(2,3)4;1-13-16(12-17(22-13)18-20-10-11-21-18)15(8-5-9-19)14-6-3-2-4-7-14;1-12-15(10-14(11-17)19-12)16(8-5-9-18-16)13-6-3-2-4-7-13;1-16(2,3)19(4,5)18-13-9-12-15(17)14-10-7-6-8-11-14;8-5-3-6(11-4-5)7-9-1-2-10-7;1-2-4-5-3-1;1-3-4-2;2-1(3)4;;;1-3-5-7-9-11-13-12-10-8-6-4-2;/h7,9-10,15-16,22,26H,8,11-14H2,1-6H3;2-4,6-8,12,18-19H,5,9-11H2,1H3;2-4,6-7,10-11H,5,8-9H2,1H3;6-8,10-11H,9,12-13H2,1-5H3;3-4,7H,1-2H2;1-4H2;1,3-4H2,2H3;1H;2*1H4;2H;/q;;;;;;-1;;;;;+1/b;15-8+;;;;;;;;;4-2?,5-3?,8-6+,9-7+,12-10+,13-11+;. The van der Waals surface area contributed by atoms with Gasteiger partial charge in [-0.25, -0.2) is 0 Å². The number of alkyl halides is 3. The maximum absolute atomic E-state index is 12.0. The number of ether oxygens (including phenoxy) is 8. The SMILES string of the molecule is Brc1csc(C2OCCO2)c1.C.C.C1CCOC1.CC(C)(C)[Si](C)(C)OCCCC(=O)c1ccccc1.Cc1sc(C2OCCO2)cc1/C(=C/CCO)c1ccccc1.Cc1sc(C2OCCO2)cc1C(O)(CCCO[Si](C)(C)C(C)(C)C)c1cccc(Cl)c1.Cc1sc(C=O)cc1C1(c2ccccc2)CCCO1.ClC(Cl)Cl.N=N/N=N/N=N/N=N/N=N/N=NCl.[CH2-]CCC.[Li+]. The second-order valence-corrected chi connectivity index (χ2v) is 49.9. The normalized spacial score (nSPS) is 16.4. The van der Waals surface area contributed by atoms with Gasteiger partial charge in [0.15, 0.2) is 51.9 Å². The Labute approximate surface area is 839 Å². The molecule has 5 fully saturated rings. The molecule has 5 aliphatic rings. The van der Waals surface area contributed by atoms with Crippen LogP contribution in [0.5, 0.6) is 0 Å². The summed E-state index contributed by atoms with van der Waals surface area (Å²) in [6, 6.07) is 45.8. The number of carbonyl (C=O) groups is 2. The van der Waals surface area contributed by atoms with Gasteiger partial charge in [-0.05, 0) is 241 Å². The molecule has 0 bridgehead atoms. The summed E-state index contributed by atoms with van der Waals surface area (Å²) in [7, 11) is -3.49. The third kappa shape index (κ3) is 43.2. The fourth-order valence-electron chi connectivity index (χ4n) is 12.3. The molecule has 2 atom stereocenters. The van der Waals surface area contributed by atoms with Crippen molar-refractivity contribution in [3.63, 3.8) is 0 Å². The molecule has 4 aromatic carbocycles. The molecule has 0 amide bonds. The number of Topliss-reactive ketones (excluding diaryl/α,β-unsaturated/α-hetero) is 1. The first-order valence-corrected chi connectivity index (χ1v) is 54.0. The Morgan fingerprint density at radius 1 is 0.634 bits per heavy atom. The quantitative estimate of drug-likeness (QED) is 0.00574. The van der Waals surface area contributed by atoms with E-state index in [2.05, 4.69) is 205 Å². The van der Waals surface area contributed by atoms with Crippen molar-refractivity contribution in [2.75, 3.05) is 79.3 Å². The first kappa shape index (κ1) is 122. The van der Waals surface area contributed by atoms with Crippen LogP contribution in [-0.4, -0.2) is 122 Å². The van der Waals surface area contributed by atoms with Gasteiger partial charge in [0.25, 0.3) is 0 Å². The van der Waals surface area contributed by atoms with Crippen LogP contribution in [0.15, 0.2) is 212 Å². The molecule has 13 rings (SSSR count). The number of unbranched alkanes of at least 4 members (excludes halogenated alkanes) is 1. The van der Waals surface area contributed by atoms with Gasteiger partial charge in [0.2, 0.25) is 0 Å². The minimum atomic E-state index is -1.83. The van der Waals surface area contributed by atoms with Crippen molar-refractivity contribution in [3.05, 3.63) is 240 Å². The van der Waals surface area contributed by atoms with Crippen LogP contribution >= 0.6 is 119 Å². The summed E-state index contributed by atoms with van der Waals surface area (Å²) in [4.78, 5) is 30.4. The van der Waals surface area contributed by atoms with Gasteiger partial charge in [0, 0.05) is 92.3 Å². The summed E-state index contributed by atoms with van der Waals surface area (Å²) in [5.74, 6) is 0.208. The van der Waals surface area contributed by atoms with Gasteiger partial charge in [-0.1, -0.05) is 230 Å². The molecule has 718 valence electrons. The molecule has 131 heavy (non-hydrogen) atoms. The van der Waals surface area contributed by atoms with E-state index >= 15 is 0 Å². The van der Waals surface area contributed by atoms with E-state index in [-0.39, 0.29) is 80.7 Å². The van der Waals surface area contributed by atoms with E-state index in [1.165, 1.54) is 40.1 Å². The molecule has 9 heterocycles. The number of aldehydes is 1. The van der Waals surface area contributed by atoms with Crippen molar-refractivity contribution in [1.82, 2.24) is 0 Å². The average molecular weight is 2080 g/mol. The third-order valence-corrected chi connectivity index (χ3v) is 35.0. The van der Waals surface area contributed by atoms with E-state index in [0.717, 1.165) is 120 Å². The zero-order chi connectivity index (χ0) is 94.0. The number of halogens is 6. The number of hydrogen-bond donors (Lipinski definition) is 3. The maximum atomic E-state index is 12.0. The van der Waals surface area contributed by atoms with E-state index < -0.39 is 26.5 Å². The van der Waals surface area contributed by atoms with Crippen LogP contribution in [0.25, 0.3) is 5.57 Å². The zero-order valence-electron chi connectivity index (χ0n) is 76.4. The molecule has 0 spiro atoms. The summed E-state index contributed by atoms with van der Waals surface area (Å²) >= 11 is 35.3. The van der Waals surface area contributed by atoms with Gasteiger partial charge in [-0.2, -0.15) is 12.0 Å². The van der Waals surface area contributed by atoms with E-state index in [1.807, 2.05) is 121 Å². The van der Waals surface area contributed by atoms with Gasteiger partial charge >= 0.3 is 18.9 Å². The van der Waals surface area contributed by atoms with Gasteiger partial charge in [0.05, 0.1) is 70.9 Å². The van der Waals surface area contributed by atoms with Crippen molar-refractivity contribution >= 4 is 154 Å². The van der Waals surface area contributed by atoms with E-state index in [4.69, 9.17) is 110 Å². The van der Waals surface area contributed by atoms with Crippen molar-refractivity contribution in [2.45, 2.75) is 225 Å². The largest absolute Gasteiger partial charge is 1.00 e. The first-order valence-electron chi connectivity index (χ1n) is 42.0. The number of carbonyl (C=O) groups excluding carboxylic acids is 2. The Balaban J connectivity index is 0.000000526. The van der Waals surface area contributed by atoms with Crippen LogP contribution in [0.4, 0.5) is 0 Å². The van der Waals surface area contributed by atoms with Crippen LogP contribution < -0.4 is 18.9 Å². The van der Waals surface area contributed by atoms with Crippen LogP contribution in [0.3, 0.4) is 0 Å². The number of aryl methyl sites for hydroxylation is 3. The van der Waals surface area contributed by atoms with Crippen LogP contribution in [0.1, 0.15) is 235 Å². The summed E-state index contributed by atoms with van der Waals surface area (Å²) in [5, 5.41) is 52.8. The summed E-state index contributed by atoms with van der Waals surface area (Å²) < 4.78 is 59.8. The Hall–Kier alpha value is -5.16. The molecule has 3 N–H and O–H groups in total. The monoisotopic (exact) mass is 2070 g/mol. The zero-order valence-corrected chi connectivity index (χ0v) is 87.0. The molecule has 26 nitrogen and oxygen atoms in total. The number of nitrogens with zero attached hydrogens (tertiary/aromatic N) is 11. The number of aliphatic hydroxyl groups excluding tert-OH is 1. The minimum absolute atomic E-state index is 0. The first-order chi connectivity index (χ1) is 61.1. The Morgan fingerprint density at radius 3 is 1.55 bits per heavy atom. The van der Waals surface area contributed by atoms with Crippen molar-refractivity contribution in [1.29, 1.82) is 5.53 Å². The molecule has 39 heteroatoms. The van der Waals surface area contributed by atoms with Crippen molar-refractivity contribution in [2.24, 2.45) is 56.9 Å². The van der Waals surface area contributed by atoms with Gasteiger partial charge in [0.1, 0.15) is 11.2 Å². The number of aliphatic hydroxyl groups is 2. The van der Waals surface area contributed by atoms with Crippen molar-refractivity contribution < 1.29 is 85.4 Å². The van der Waals surface area contributed by atoms with Crippen LogP contribution in [-0.2, 0) is 57.9 Å².